The van der Waals surface area contributed by atoms with Crippen LogP contribution in [0.3, 0.4) is 0 Å². The molecule has 0 amide bonds. The molecule has 0 fully saturated rings. The van der Waals surface area contributed by atoms with E-state index in [1.54, 1.807) is 12.3 Å². The Hall–Kier alpha value is -2.27. The molecule has 4 nitrogen and oxygen atoms in total. The summed E-state index contributed by atoms with van der Waals surface area (Å²) in [5.74, 6) is -0.232. The molecule has 0 aliphatic rings. The van der Waals surface area contributed by atoms with Crippen LogP contribution in [0.1, 0.15) is 5.56 Å². The van der Waals surface area contributed by atoms with Crippen molar-refractivity contribution >= 4 is 32.5 Å². The number of fused-ring (bicyclic) bond motifs is 1. The first-order valence-corrected chi connectivity index (χ1v) is 7.22. The summed E-state index contributed by atoms with van der Waals surface area (Å²) in [6, 6.07) is 12.7. The number of phenols is 2. The van der Waals surface area contributed by atoms with Crippen LogP contribution in [0.4, 0.5) is 5.69 Å². The first kappa shape index (κ1) is 13.7. The lowest BCUT2D eigenvalue weighted by Gasteiger charge is -2.10. The topological polar surface area (TPSA) is 65.4 Å². The third-order valence-corrected chi connectivity index (χ3v) is 3.63. The van der Waals surface area contributed by atoms with Gasteiger partial charge in [0.15, 0.2) is 11.5 Å². The lowest BCUT2D eigenvalue weighted by atomic mass is 10.1. The van der Waals surface area contributed by atoms with Crippen LogP contribution in [0.2, 0.25) is 0 Å². The third-order valence-electron chi connectivity index (χ3n) is 3.20. The first-order chi connectivity index (χ1) is 10.1. The van der Waals surface area contributed by atoms with E-state index < -0.39 is 0 Å². The number of pyridine rings is 1. The van der Waals surface area contributed by atoms with Gasteiger partial charge in [-0.25, -0.2) is 0 Å². The smallest absolute Gasteiger partial charge is 0.157 e. The molecule has 3 rings (SSSR count). The van der Waals surface area contributed by atoms with Crippen LogP contribution >= 0.6 is 15.9 Å². The Kier molecular flexibility index (Phi) is 3.66. The van der Waals surface area contributed by atoms with E-state index in [2.05, 4.69) is 26.2 Å². The summed E-state index contributed by atoms with van der Waals surface area (Å²) in [6.45, 7) is 0.532. The third kappa shape index (κ3) is 2.92. The Morgan fingerprint density at radius 1 is 1.05 bits per heavy atom. The van der Waals surface area contributed by atoms with Crippen molar-refractivity contribution in [3.05, 3.63) is 58.7 Å². The number of hydrogen-bond donors (Lipinski definition) is 3. The van der Waals surface area contributed by atoms with Crippen LogP contribution in [0, 0.1) is 0 Å². The molecule has 3 N–H and O–H groups in total. The molecule has 0 saturated heterocycles. The fourth-order valence-corrected chi connectivity index (χ4v) is 2.50. The standard InChI is InChI=1S/C16H13BrN2O2/c17-12-7-11-2-1-3-13(16(11)19-9-12)18-8-10-4-5-14(20)15(21)6-10/h1-7,9,18,20-21H,8H2. The second kappa shape index (κ2) is 5.61. The van der Waals surface area contributed by atoms with Gasteiger partial charge in [-0.15, -0.1) is 0 Å². The molecule has 106 valence electrons. The van der Waals surface area contributed by atoms with Gasteiger partial charge in [-0.2, -0.15) is 0 Å². The highest BCUT2D eigenvalue weighted by atomic mass is 79.9. The van der Waals surface area contributed by atoms with Gasteiger partial charge in [0.2, 0.25) is 0 Å². The van der Waals surface area contributed by atoms with Gasteiger partial charge in [-0.05, 0) is 45.8 Å². The number of nitrogens with zero attached hydrogens (tertiary/aromatic N) is 1. The second-order valence-electron chi connectivity index (χ2n) is 4.71. The van der Waals surface area contributed by atoms with Gasteiger partial charge in [0.1, 0.15) is 0 Å². The molecule has 0 aliphatic heterocycles. The van der Waals surface area contributed by atoms with E-state index in [4.69, 9.17) is 0 Å². The van der Waals surface area contributed by atoms with Crippen LogP contribution in [0.25, 0.3) is 10.9 Å². The molecule has 3 aromatic rings. The summed E-state index contributed by atoms with van der Waals surface area (Å²) in [5.41, 5.74) is 2.69. The fourth-order valence-electron chi connectivity index (χ4n) is 2.15. The van der Waals surface area contributed by atoms with Crippen LogP contribution < -0.4 is 5.32 Å². The number of benzene rings is 2. The van der Waals surface area contributed by atoms with E-state index >= 15 is 0 Å². The zero-order valence-corrected chi connectivity index (χ0v) is 12.6. The van der Waals surface area contributed by atoms with Gasteiger partial charge >= 0.3 is 0 Å². The van der Waals surface area contributed by atoms with Gasteiger partial charge in [0.25, 0.3) is 0 Å². The van der Waals surface area contributed by atoms with Crippen molar-refractivity contribution in [2.75, 3.05) is 5.32 Å². The van der Waals surface area contributed by atoms with Crippen molar-refractivity contribution in [1.29, 1.82) is 0 Å². The molecule has 21 heavy (non-hydrogen) atoms. The maximum atomic E-state index is 9.50. The Bertz CT molecular complexity index is 805. The average molecular weight is 345 g/mol. The Morgan fingerprint density at radius 3 is 2.71 bits per heavy atom. The number of nitrogens with one attached hydrogen (secondary N) is 1. The summed E-state index contributed by atoms with van der Waals surface area (Å²) in [6.07, 6.45) is 1.76. The fraction of sp³-hybridized carbons (Fsp3) is 0.0625. The molecule has 0 spiro atoms. The Labute approximate surface area is 130 Å². The zero-order valence-electron chi connectivity index (χ0n) is 11.0. The highest BCUT2D eigenvalue weighted by Crippen LogP contribution is 2.27. The van der Waals surface area contributed by atoms with E-state index in [0.717, 1.165) is 26.6 Å². The molecule has 0 bridgehead atoms. The number of aromatic nitrogens is 1. The Morgan fingerprint density at radius 2 is 1.90 bits per heavy atom. The first-order valence-electron chi connectivity index (χ1n) is 6.42. The summed E-state index contributed by atoms with van der Waals surface area (Å²) in [7, 11) is 0. The van der Waals surface area contributed by atoms with Crippen molar-refractivity contribution in [2.45, 2.75) is 6.54 Å². The molecule has 1 aromatic heterocycles. The van der Waals surface area contributed by atoms with Gasteiger partial charge in [-0.1, -0.05) is 18.2 Å². The van der Waals surface area contributed by atoms with E-state index in [9.17, 15) is 10.2 Å². The number of para-hydroxylation sites is 1. The lowest BCUT2D eigenvalue weighted by Crippen LogP contribution is -2.00. The summed E-state index contributed by atoms with van der Waals surface area (Å²) >= 11 is 3.41. The number of phenolic OH excluding ortho intramolecular Hbond substituents is 2. The van der Waals surface area contributed by atoms with Crippen molar-refractivity contribution in [3.63, 3.8) is 0 Å². The number of aromatic hydroxyl groups is 2. The number of halogens is 1. The van der Waals surface area contributed by atoms with Crippen LogP contribution in [0.15, 0.2) is 53.1 Å². The van der Waals surface area contributed by atoms with Gasteiger partial charge in [0, 0.05) is 22.6 Å². The maximum absolute atomic E-state index is 9.50. The highest BCUT2D eigenvalue weighted by Gasteiger charge is 2.04. The van der Waals surface area contributed by atoms with Crippen molar-refractivity contribution in [1.82, 2.24) is 4.98 Å². The van der Waals surface area contributed by atoms with Crippen LogP contribution in [0.5, 0.6) is 11.5 Å². The number of hydrogen-bond acceptors (Lipinski definition) is 4. The predicted molar refractivity (Wildman–Crippen MR) is 86.5 cm³/mol. The molecule has 5 heteroatoms. The molecule has 0 unspecified atom stereocenters. The van der Waals surface area contributed by atoms with E-state index in [1.165, 1.54) is 12.1 Å². The minimum absolute atomic E-state index is 0.115. The minimum Gasteiger partial charge on any atom is -0.504 e. The van der Waals surface area contributed by atoms with Gasteiger partial charge in [-0.3, -0.25) is 4.98 Å². The summed E-state index contributed by atoms with van der Waals surface area (Å²) < 4.78 is 0.940. The predicted octanol–water partition coefficient (Wildman–Crippen LogP) is 4.02. The van der Waals surface area contributed by atoms with Crippen LogP contribution in [-0.2, 0) is 6.54 Å². The van der Waals surface area contributed by atoms with E-state index in [-0.39, 0.29) is 11.5 Å². The molecular formula is C16H13BrN2O2. The molecule has 0 radical (unpaired) electrons. The normalized spacial score (nSPS) is 10.7. The van der Waals surface area contributed by atoms with Crippen molar-refractivity contribution in [3.8, 4) is 11.5 Å². The quantitative estimate of drug-likeness (QED) is 0.628. The van der Waals surface area contributed by atoms with Crippen molar-refractivity contribution in [2.24, 2.45) is 0 Å². The second-order valence-corrected chi connectivity index (χ2v) is 5.62. The molecule has 2 aromatic carbocycles. The lowest BCUT2D eigenvalue weighted by molar-refractivity contribution is 0.403. The minimum atomic E-state index is -0.116. The Balaban J connectivity index is 1.86. The molecule has 1 heterocycles. The number of anilines is 1. The summed E-state index contributed by atoms with van der Waals surface area (Å²) in [4.78, 5) is 4.43. The largest absolute Gasteiger partial charge is 0.504 e. The summed E-state index contributed by atoms with van der Waals surface area (Å²) in [5, 5.41) is 23.2. The zero-order chi connectivity index (χ0) is 14.8. The number of rotatable bonds is 3. The molecule has 0 saturated carbocycles. The maximum Gasteiger partial charge on any atom is 0.157 e. The monoisotopic (exact) mass is 344 g/mol. The van der Waals surface area contributed by atoms with Crippen LogP contribution in [-0.4, -0.2) is 15.2 Å². The molecule has 0 aliphatic carbocycles. The van der Waals surface area contributed by atoms with E-state index in [0.29, 0.717) is 6.54 Å². The average Bonchev–Trinajstić information content (AvgIpc) is 2.48. The molecule has 0 atom stereocenters. The van der Waals surface area contributed by atoms with Gasteiger partial charge in [0.05, 0.1) is 11.2 Å². The highest BCUT2D eigenvalue weighted by molar-refractivity contribution is 9.10. The van der Waals surface area contributed by atoms with Gasteiger partial charge < -0.3 is 15.5 Å². The molecular weight excluding hydrogens is 332 g/mol. The van der Waals surface area contributed by atoms with E-state index in [1.807, 2.05) is 24.3 Å². The van der Waals surface area contributed by atoms with Crippen molar-refractivity contribution < 1.29 is 10.2 Å². The SMILES string of the molecule is Oc1ccc(CNc2cccc3cc(Br)cnc23)cc1O.